The molecule has 1 fully saturated rings. The van der Waals surface area contributed by atoms with Crippen LogP contribution in [0.25, 0.3) is 22.4 Å². The summed E-state index contributed by atoms with van der Waals surface area (Å²) in [6, 6.07) is 7.87. The van der Waals surface area contributed by atoms with Gasteiger partial charge in [-0.1, -0.05) is 11.6 Å². The molecule has 188 valence electrons. The Hall–Kier alpha value is -3.27. The maximum Gasteiger partial charge on any atom is 0.252 e. The standard InChI is InChI=1S/C26H28ClFN6O2/c27-19-2-3-22(28)21(13-19)23-14-20(24-25(33-23)31-7-11-36-24)17-12-18(16-30-15-17)26(35)32-4-1-8-34-9-5-29-6-10-34/h2-3,12-16,29H,1,4-11H2,(H,31,33)(H,32,35). The first-order valence-corrected chi connectivity index (χ1v) is 12.5. The summed E-state index contributed by atoms with van der Waals surface area (Å²) < 4.78 is 20.5. The summed E-state index contributed by atoms with van der Waals surface area (Å²) in [7, 11) is 0. The predicted octanol–water partition coefficient (Wildman–Crippen LogP) is 3.43. The number of piperazine rings is 1. The molecule has 0 spiro atoms. The SMILES string of the molecule is O=C(NCCCN1CCNCC1)c1cncc(-c2cc(-c3cc(Cl)ccc3F)nc3c2OCCN3)c1. The fourth-order valence-corrected chi connectivity index (χ4v) is 4.59. The van der Waals surface area contributed by atoms with Crippen LogP contribution >= 0.6 is 11.6 Å². The lowest BCUT2D eigenvalue weighted by atomic mass is 10.0. The summed E-state index contributed by atoms with van der Waals surface area (Å²) in [6.07, 6.45) is 4.08. The van der Waals surface area contributed by atoms with E-state index < -0.39 is 5.82 Å². The number of pyridine rings is 2. The van der Waals surface area contributed by atoms with Gasteiger partial charge in [-0.3, -0.25) is 9.78 Å². The largest absolute Gasteiger partial charge is 0.487 e. The van der Waals surface area contributed by atoms with E-state index in [1.807, 2.05) is 0 Å². The number of carbonyl (C=O) groups is 1. The van der Waals surface area contributed by atoms with E-state index in [1.54, 1.807) is 30.6 Å². The first-order valence-electron chi connectivity index (χ1n) is 12.1. The Labute approximate surface area is 214 Å². The first-order chi connectivity index (χ1) is 17.6. The predicted molar refractivity (Wildman–Crippen MR) is 138 cm³/mol. The van der Waals surface area contributed by atoms with Crippen molar-refractivity contribution in [2.45, 2.75) is 6.42 Å². The highest BCUT2D eigenvalue weighted by atomic mass is 35.5. The van der Waals surface area contributed by atoms with Gasteiger partial charge in [0.15, 0.2) is 11.6 Å². The van der Waals surface area contributed by atoms with Crippen LogP contribution < -0.4 is 20.7 Å². The minimum Gasteiger partial charge on any atom is -0.487 e. The van der Waals surface area contributed by atoms with Gasteiger partial charge in [-0.05, 0) is 43.3 Å². The maximum absolute atomic E-state index is 14.6. The normalized spacial score (nSPS) is 15.5. The molecule has 1 aromatic carbocycles. The van der Waals surface area contributed by atoms with Gasteiger partial charge in [-0.25, -0.2) is 9.37 Å². The number of aromatic nitrogens is 2. The van der Waals surface area contributed by atoms with Crippen molar-refractivity contribution in [3.8, 4) is 28.1 Å². The van der Waals surface area contributed by atoms with Crippen molar-refractivity contribution in [1.82, 2.24) is 25.5 Å². The second kappa shape index (κ2) is 11.2. The Morgan fingerprint density at radius 2 is 2.00 bits per heavy atom. The molecule has 0 saturated carbocycles. The molecule has 3 aromatic rings. The van der Waals surface area contributed by atoms with Crippen molar-refractivity contribution >= 4 is 23.3 Å². The Bertz CT molecular complexity index is 1250. The van der Waals surface area contributed by atoms with Crippen molar-refractivity contribution in [3.63, 3.8) is 0 Å². The third-order valence-electron chi connectivity index (χ3n) is 6.28. The van der Waals surface area contributed by atoms with E-state index in [9.17, 15) is 9.18 Å². The molecule has 0 aliphatic carbocycles. The monoisotopic (exact) mass is 510 g/mol. The number of ether oxygens (including phenoxy) is 1. The van der Waals surface area contributed by atoms with Crippen LogP contribution in [0.1, 0.15) is 16.8 Å². The van der Waals surface area contributed by atoms with Gasteiger partial charge in [-0.15, -0.1) is 0 Å². The number of halogens is 2. The fraction of sp³-hybridized carbons (Fsp3) is 0.346. The van der Waals surface area contributed by atoms with Gasteiger partial charge in [0, 0.05) is 66.8 Å². The first kappa shape index (κ1) is 24.4. The summed E-state index contributed by atoms with van der Waals surface area (Å²) in [5, 5.41) is 9.96. The van der Waals surface area contributed by atoms with E-state index in [-0.39, 0.29) is 11.5 Å². The molecule has 2 aliphatic heterocycles. The molecule has 0 atom stereocenters. The summed E-state index contributed by atoms with van der Waals surface area (Å²) in [6.45, 7) is 6.67. The Kier molecular flexibility index (Phi) is 7.60. The Balaban J connectivity index is 1.37. The molecule has 2 aliphatic rings. The zero-order chi connectivity index (χ0) is 24.9. The Morgan fingerprint density at radius 1 is 1.14 bits per heavy atom. The topological polar surface area (TPSA) is 91.4 Å². The highest BCUT2D eigenvalue weighted by Gasteiger charge is 2.22. The molecular weight excluding hydrogens is 483 g/mol. The van der Waals surface area contributed by atoms with Gasteiger partial charge in [0.2, 0.25) is 0 Å². The average molecular weight is 511 g/mol. The molecule has 5 rings (SSSR count). The van der Waals surface area contributed by atoms with Crippen molar-refractivity contribution in [2.75, 3.05) is 57.7 Å². The molecule has 1 saturated heterocycles. The zero-order valence-corrected chi connectivity index (χ0v) is 20.6. The van der Waals surface area contributed by atoms with E-state index in [1.165, 1.54) is 12.1 Å². The van der Waals surface area contributed by atoms with Crippen molar-refractivity contribution < 1.29 is 13.9 Å². The van der Waals surface area contributed by atoms with Crippen molar-refractivity contribution in [2.24, 2.45) is 0 Å². The number of rotatable bonds is 7. The lowest BCUT2D eigenvalue weighted by molar-refractivity contribution is 0.0951. The van der Waals surface area contributed by atoms with E-state index in [0.717, 1.165) is 39.1 Å². The fourth-order valence-electron chi connectivity index (χ4n) is 4.42. The molecule has 8 nitrogen and oxygen atoms in total. The number of amides is 1. The van der Waals surface area contributed by atoms with Gasteiger partial charge < -0.3 is 25.6 Å². The highest BCUT2D eigenvalue weighted by molar-refractivity contribution is 6.30. The maximum atomic E-state index is 14.6. The third-order valence-corrected chi connectivity index (χ3v) is 6.51. The van der Waals surface area contributed by atoms with Gasteiger partial charge >= 0.3 is 0 Å². The van der Waals surface area contributed by atoms with E-state index in [0.29, 0.717) is 58.7 Å². The Morgan fingerprint density at radius 3 is 2.86 bits per heavy atom. The van der Waals surface area contributed by atoms with Gasteiger partial charge in [-0.2, -0.15) is 0 Å². The van der Waals surface area contributed by atoms with Crippen LogP contribution in [-0.4, -0.2) is 73.2 Å². The van der Waals surface area contributed by atoms with Crippen LogP contribution in [0, 0.1) is 5.82 Å². The molecular formula is C26H28ClFN6O2. The molecule has 4 heterocycles. The number of nitrogens with one attached hydrogen (secondary N) is 3. The third kappa shape index (κ3) is 5.59. The van der Waals surface area contributed by atoms with Gasteiger partial charge in [0.25, 0.3) is 5.91 Å². The summed E-state index contributed by atoms with van der Waals surface area (Å²) in [4.78, 5) is 24.1. The van der Waals surface area contributed by atoms with Crippen molar-refractivity contribution in [1.29, 1.82) is 0 Å². The summed E-state index contributed by atoms with van der Waals surface area (Å²) >= 11 is 6.12. The zero-order valence-electron chi connectivity index (χ0n) is 19.8. The van der Waals surface area contributed by atoms with Gasteiger partial charge in [0.1, 0.15) is 12.4 Å². The molecule has 10 heteroatoms. The van der Waals surface area contributed by atoms with Crippen molar-refractivity contribution in [3.05, 3.63) is 59.1 Å². The summed E-state index contributed by atoms with van der Waals surface area (Å²) in [5.41, 5.74) is 2.48. The molecule has 3 N–H and O–H groups in total. The molecule has 0 bridgehead atoms. The quantitative estimate of drug-likeness (QED) is 0.419. The van der Waals surface area contributed by atoms with E-state index in [2.05, 4.69) is 30.8 Å². The van der Waals surface area contributed by atoms with Crippen LogP contribution in [0.15, 0.2) is 42.7 Å². The number of fused-ring (bicyclic) bond motifs is 1. The molecule has 36 heavy (non-hydrogen) atoms. The minimum atomic E-state index is -0.429. The second-order valence-corrected chi connectivity index (χ2v) is 9.23. The molecule has 2 aromatic heterocycles. The number of hydrogen-bond acceptors (Lipinski definition) is 7. The average Bonchev–Trinajstić information content (AvgIpc) is 2.92. The molecule has 0 radical (unpaired) electrons. The van der Waals surface area contributed by atoms with Gasteiger partial charge in [0.05, 0.1) is 17.8 Å². The molecule has 1 amide bonds. The number of carbonyl (C=O) groups excluding carboxylic acids is 1. The smallest absolute Gasteiger partial charge is 0.252 e. The molecule has 0 unspecified atom stereocenters. The second-order valence-electron chi connectivity index (χ2n) is 8.80. The minimum absolute atomic E-state index is 0.187. The lowest BCUT2D eigenvalue weighted by Crippen LogP contribution is -2.44. The van der Waals surface area contributed by atoms with Crippen LogP contribution in [0.3, 0.4) is 0 Å². The number of hydrogen-bond donors (Lipinski definition) is 3. The summed E-state index contributed by atoms with van der Waals surface area (Å²) in [5.74, 6) is 0.438. The van der Waals surface area contributed by atoms with Crippen LogP contribution in [0.2, 0.25) is 5.02 Å². The van der Waals surface area contributed by atoms with Crippen LogP contribution in [0.5, 0.6) is 5.75 Å². The highest BCUT2D eigenvalue weighted by Crippen LogP contribution is 2.40. The van der Waals surface area contributed by atoms with E-state index in [4.69, 9.17) is 16.3 Å². The number of anilines is 1. The van der Waals surface area contributed by atoms with Crippen LogP contribution in [-0.2, 0) is 0 Å². The number of benzene rings is 1. The number of nitrogens with zero attached hydrogens (tertiary/aromatic N) is 3. The van der Waals surface area contributed by atoms with E-state index >= 15 is 0 Å². The lowest BCUT2D eigenvalue weighted by Gasteiger charge is -2.27. The van der Waals surface area contributed by atoms with Crippen LogP contribution in [0.4, 0.5) is 10.2 Å².